The van der Waals surface area contributed by atoms with Crippen LogP contribution in [0.1, 0.15) is 16.7 Å². The van der Waals surface area contributed by atoms with Crippen LogP contribution < -0.4 is 15.4 Å². The van der Waals surface area contributed by atoms with Crippen LogP contribution in [0.25, 0.3) is 0 Å². The van der Waals surface area contributed by atoms with Gasteiger partial charge in [0.05, 0.1) is 12.8 Å². The van der Waals surface area contributed by atoms with Gasteiger partial charge in [-0.2, -0.15) is 4.98 Å². The predicted molar refractivity (Wildman–Crippen MR) is 107 cm³/mol. The molecule has 0 unspecified atom stereocenters. The van der Waals surface area contributed by atoms with Gasteiger partial charge in [0, 0.05) is 23.8 Å². The fraction of sp³-hybridized carbons (Fsp3) is 0.200. The predicted octanol–water partition coefficient (Wildman–Crippen LogP) is 5.11. The lowest BCUT2D eigenvalue weighted by atomic mass is 10.1. The molecule has 0 bridgehead atoms. The molecule has 3 rings (SSSR count). The van der Waals surface area contributed by atoms with Gasteiger partial charge in [-0.3, -0.25) is 0 Å². The van der Waals surface area contributed by atoms with Crippen LogP contribution in [0.5, 0.6) is 5.75 Å². The van der Waals surface area contributed by atoms with E-state index in [9.17, 15) is 0 Å². The first-order valence-corrected chi connectivity index (χ1v) is 8.66. The third-order valence-corrected chi connectivity index (χ3v) is 4.35. The lowest BCUT2D eigenvalue weighted by molar-refractivity contribution is 0.416. The molecule has 6 heteroatoms. The summed E-state index contributed by atoms with van der Waals surface area (Å²) in [7, 11) is 1.60. The van der Waals surface area contributed by atoms with Crippen LogP contribution >= 0.6 is 11.6 Å². The van der Waals surface area contributed by atoms with Crippen molar-refractivity contribution in [2.45, 2.75) is 20.4 Å². The highest BCUT2D eigenvalue weighted by molar-refractivity contribution is 6.31. The van der Waals surface area contributed by atoms with E-state index in [1.165, 1.54) is 11.1 Å². The Kier molecular flexibility index (Phi) is 5.58. The number of hydrogen-bond acceptors (Lipinski definition) is 5. The van der Waals surface area contributed by atoms with Crippen molar-refractivity contribution in [3.63, 3.8) is 0 Å². The van der Waals surface area contributed by atoms with Crippen molar-refractivity contribution in [1.82, 2.24) is 9.97 Å². The number of aryl methyl sites for hydroxylation is 2. The van der Waals surface area contributed by atoms with Gasteiger partial charge < -0.3 is 15.4 Å². The largest absolute Gasteiger partial charge is 0.495 e. The molecular weight excluding hydrogens is 348 g/mol. The maximum Gasteiger partial charge on any atom is 0.229 e. The SMILES string of the molecule is COc1cc(Cl)c(C)cc1Nc1nccc(NCc2cccc(C)c2)n1. The minimum atomic E-state index is 0.485. The van der Waals surface area contributed by atoms with Crippen molar-refractivity contribution in [2.75, 3.05) is 17.7 Å². The monoisotopic (exact) mass is 368 g/mol. The number of nitrogens with one attached hydrogen (secondary N) is 2. The van der Waals surface area contributed by atoms with Crippen molar-refractivity contribution in [1.29, 1.82) is 0 Å². The fourth-order valence-electron chi connectivity index (χ4n) is 2.58. The van der Waals surface area contributed by atoms with Crippen LogP contribution in [0.4, 0.5) is 17.5 Å². The number of ether oxygens (including phenoxy) is 1. The number of rotatable bonds is 6. The molecule has 0 aliphatic carbocycles. The molecule has 0 amide bonds. The van der Waals surface area contributed by atoms with Gasteiger partial charge in [0.1, 0.15) is 11.6 Å². The number of anilines is 3. The van der Waals surface area contributed by atoms with Crippen LogP contribution in [0, 0.1) is 13.8 Å². The van der Waals surface area contributed by atoms with Crippen molar-refractivity contribution < 1.29 is 4.74 Å². The summed E-state index contributed by atoms with van der Waals surface area (Å²) in [5.41, 5.74) is 4.15. The Bertz CT molecular complexity index is 914. The lowest BCUT2D eigenvalue weighted by Gasteiger charge is -2.13. The molecule has 0 radical (unpaired) electrons. The molecule has 0 fully saturated rings. The molecule has 5 nitrogen and oxygen atoms in total. The van der Waals surface area contributed by atoms with E-state index < -0.39 is 0 Å². The highest BCUT2D eigenvalue weighted by atomic mass is 35.5. The topological polar surface area (TPSA) is 59.1 Å². The zero-order chi connectivity index (χ0) is 18.5. The molecule has 1 heterocycles. The molecule has 0 saturated carbocycles. The summed E-state index contributed by atoms with van der Waals surface area (Å²) in [5.74, 6) is 1.87. The average Bonchev–Trinajstić information content (AvgIpc) is 2.63. The van der Waals surface area contributed by atoms with E-state index in [0.717, 1.165) is 17.1 Å². The number of halogens is 1. The Hall–Kier alpha value is -2.79. The molecule has 0 spiro atoms. The minimum Gasteiger partial charge on any atom is -0.495 e. The summed E-state index contributed by atoms with van der Waals surface area (Å²) < 4.78 is 5.38. The zero-order valence-corrected chi connectivity index (χ0v) is 15.8. The molecule has 0 saturated heterocycles. The maximum atomic E-state index is 6.15. The van der Waals surface area contributed by atoms with Gasteiger partial charge in [0.25, 0.3) is 0 Å². The van der Waals surface area contributed by atoms with Crippen LogP contribution in [0.3, 0.4) is 0 Å². The smallest absolute Gasteiger partial charge is 0.229 e. The first-order valence-electron chi connectivity index (χ1n) is 8.29. The molecule has 2 aromatic carbocycles. The molecule has 0 aliphatic rings. The molecule has 134 valence electrons. The summed E-state index contributed by atoms with van der Waals surface area (Å²) >= 11 is 6.15. The molecule has 26 heavy (non-hydrogen) atoms. The van der Waals surface area contributed by atoms with Gasteiger partial charge in [-0.15, -0.1) is 0 Å². The number of hydrogen-bond donors (Lipinski definition) is 2. The number of benzene rings is 2. The second kappa shape index (κ2) is 8.06. The normalized spacial score (nSPS) is 10.5. The molecule has 0 aliphatic heterocycles. The Morgan fingerprint density at radius 2 is 1.96 bits per heavy atom. The van der Waals surface area contributed by atoms with Gasteiger partial charge in [-0.25, -0.2) is 4.98 Å². The zero-order valence-electron chi connectivity index (χ0n) is 15.0. The summed E-state index contributed by atoms with van der Waals surface area (Å²) in [5, 5.41) is 7.17. The summed E-state index contributed by atoms with van der Waals surface area (Å²) in [6, 6.07) is 13.9. The second-order valence-electron chi connectivity index (χ2n) is 6.03. The van der Waals surface area contributed by atoms with E-state index in [1.54, 1.807) is 19.4 Å². The Morgan fingerprint density at radius 3 is 2.73 bits per heavy atom. The van der Waals surface area contributed by atoms with Crippen LogP contribution in [0.15, 0.2) is 48.7 Å². The maximum absolute atomic E-state index is 6.15. The van der Waals surface area contributed by atoms with Crippen LogP contribution in [-0.4, -0.2) is 17.1 Å². The van der Waals surface area contributed by atoms with Crippen molar-refractivity contribution in [3.8, 4) is 5.75 Å². The first-order chi connectivity index (χ1) is 12.5. The standard InChI is InChI=1S/C20H21ClN4O/c1-13-5-4-6-15(9-13)12-23-19-7-8-22-20(25-19)24-17-10-14(2)16(21)11-18(17)26-3/h4-11H,12H2,1-3H3,(H2,22,23,24,25). The number of aromatic nitrogens is 2. The van der Waals surface area contributed by atoms with E-state index >= 15 is 0 Å². The van der Waals surface area contributed by atoms with Crippen molar-refractivity contribution >= 4 is 29.1 Å². The third kappa shape index (κ3) is 4.43. The first kappa shape index (κ1) is 18.0. The summed E-state index contributed by atoms with van der Waals surface area (Å²) in [4.78, 5) is 8.79. The van der Waals surface area contributed by atoms with E-state index in [4.69, 9.17) is 16.3 Å². The highest BCUT2D eigenvalue weighted by Gasteiger charge is 2.09. The van der Waals surface area contributed by atoms with Gasteiger partial charge in [0.2, 0.25) is 5.95 Å². The molecule has 3 aromatic rings. The number of nitrogens with zero attached hydrogens (tertiary/aromatic N) is 2. The van der Waals surface area contributed by atoms with Crippen LogP contribution in [-0.2, 0) is 6.54 Å². The third-order valence-electron chi connectivity index (χ3n) is 3.94. The Balaban J connectivity index is 1.74. The van der Waals surface area contributed by atoms with Crippen LogP contribution in [0.2, 0.25) is 5.02 Å². The summed E-state index contributed by atoms with van der Waals surface area (Å²) in [6.07, 6.45) is 1.71. The quantitative estimate of drug-likeness (QED) is 0.633. The summed E-state index contributed by atoms with van der Waals surface area (Å²) in [6.45, 7) is 4.72. The van der Waals surface area contributed by atoms with E-state index in [1.807, 2.05) is 19.1 Å². The minimum absolute atomic E-state index is 0.485. The lowest BCUT2D eigenvalue weighted by Crippen LogP contribution is -2.05. The van der Waals surface area contributed by atoms with E-state index in [2.05, 4.69) is 51.8 Å². The van der Waals surface area contributed by atoms with Gasteiger partial charge >= 0.3 is 0 Å². The van der Waals surface area contributed by atoms with E-state index in [-0.39, 0.29) is 0 Å². The van der Waals surface area contributed by atoms with Gasteiger partial charge in [-0.1, -0.05) is 41.4 Å². The van der Waals surface area contributed by atoms with Crippen molar-refractivity contribution in [3.05, 3.63) is 70.4 Å². The number of methoxy groups -OCH3 is 1. The average molecular weight is 369 g/mol. The molecule has 2 N–H and O–H groups in total. The fourth-order valence-corrected chi connectivity index (χ4v) is 2.74. The molecular formula is C20H21ClN4O. The highest BCUT2D eigenvalue weighted by Crippen LogP contribution is 2.32. The Morgan fingerprint density at radius 1 is 1.12 bits per heavy atom. The second-order valence-corrected chi connectivity index (χ2v) is 6.44. The van der Waals surface area contributed by atoms with Gasteiger partial charge in [-0.05, 0) is 37.1 Å². The van der Waals surface area contributed by atoms with E-state index in [0.29, 0.717) is 23.3 Å². The molecule has 0 atom stereocenters. The molecule has 1 aromatic heterocycles. The van der Waals surface area contributed by atoms with Crippen molar-refractivity contribution in [2.24, 2.45) is 0 Å². The van der Waals surface area contributed by atoms with Gasteiger partial charge in [0.15, 0.2) is 0 Å². The Labute approximate surface area is 158 Å².